The Kier molecular flexibility index (Phi) is 13.2. The van der Waals surface area contributed by atoms with Gasteiger partial charge in [0.2, 0.25) is 0 Å². The number of hydrogen-bond donors (Lipinski definition) is 0. The maximum Gasteiger partial charge on any atom is -0.0809 e. The van der Waals surface area contributed by atoms with Crippen molar-refractivity contribution >= 4 is 27.0 Å². The summed E-state index contributed by atoms with van der Waals surface area (Å²) >= 11 is 1.80. The van der Waals surface area contributed by atoms with E-state index < -0.39 is 0 Å². The first kappa shape index (κ1) is 24.8. The van der Waals surface area contributed by atoms with Crippen molar-refractivity contribution in [3.05, 3.63) is 99.8 Å². The minimum absolute atomic E-state index is 0. The Hall–Kier alpha value is -1.24. The molecule has 0 heterocycles. The van der Waals surface area contributed by atoms with Gasteiger partial charge >= 0.3 is 54.7 Å². The van der Waals surface area contributed by atoms with E-state index in [4.69, 9.17) is 0 Å². The molecule has 0 nitrogen and oxygen atoms in total. The minimum Gasteiger partial charge on any atom is -0.358 e. The van der Waals surface area contributed by atoms with Crippen LogP contribution in [0.5, 0.6) is 0 Å². The summed E-state index contributed by atoms with van der Waals surface area (Å²) in [7, 11) is 0. The fraction of sp³-hybridized carbons (Fsp3) is 0.167. The van der Waals surface area contributed by atoms with Gasteiger partial charge in [0.1, 0.15) is 0 Å². The summed E-state index contributed by atoms with van der Waals surface area (Å²) in [6, 6.07) is 32.3. The van der Waals surface area contributed by atoms with Crippen LogP contribution in [0.1, 0.15) is 13.8 Å². The molecule has 0 fully saturated rings. The van der Waals surface area contributed by atoms with E-state index in [0.717, 1.165) is 0 Å². The minimum atomic E-state index is 0. The SMILES string of the molecule is CC[Si](=[Zr])CC.[CH3-].[CH3-].c1ccc2[cH-]ccc2c1.c1ccc2[cH-]ccc2c1. The third kappa shape index (κ3) is 7.98. The standard InChI is InChI=1S/2C9H7.C4H10Si.2CH3.Zr/c2*1-2-5-9-7-3-6-8(9)4-1;1-3-5-4-2;;;/h2*1-7H;3-4H2,1-2H3;2*1H3;/q2*-1;;2*-1;. The third-order valence-corrected chi connectivity index (χ3v) is 10.9. The van der Waals surface area contributed by atoms with E-state index >= 15 is 0 Å². The van der Waals surface area contributed by atoms with Crippen LogP contribution in [-0.4, -0.2) is 5.43 Å². The molecule has 2 heteroatoms. The van der Waals surface area contributed by atoms with E-state index in [9.17, 15) is 0 Å². The van der Waals surface area contributed by atoms with Gasteiger partial charge in [0.05, 0.1) is 0 Å². The molecule has 0 atom stereocenters. The van der Waals surface area contributed by atoms with Crippen LogP contribution in [0.3, 0.4) is 0 Å². The molecule has 0 unspecified atom stereocenters. The molecule has 0 aliphatic rings. The summed E-state index contributed by atoms with van der Waals surface area (Å²) in [6.45, 7) is 4.60. The molecule has 0 bridgehead atoms. The first-order valence-corrected chi connectivity index (χ1v) is 14.1. The zero-order valence-corrected chi connectivity index (χ0v) is 20.0. The average Bonchev–Trinajstić information content (AvgIpc) is 3.30. The predicted octanol–water partition coefficient (Wildman–Crippen LogP) is 7.58. The van der Waals surface area contributed by atoms with E-state index in [1.807, 2.05) is 0 Å². The Morgan fingerprint density at radius 3 is 1.38 bits per heavy atom. The van der Waals surface area contributed by atoms with E-state index in [-0.39, 0.29) is 20.3 Å². The van der Waals surface area contributed by atoms with Crippen molar-refractivity contribution < 1.29 is 23.3 Å². The fourth-order valence-corrected chi connectivity index (χ4v) is 2.89. The molecule has 0 spiro atoms. The van der Waals surface area contributed by atoms with Crippen molar-refractivity contribution in [2.45, 2.75) is 25.9 Å². The molecule has 0 N–H and O–H groups in total. The summed E-state index contributed by atoms with van der Waals surface area (Å²) in [6.07, 6.45) is 0. The Bertz CT molecular complexity index is 737. The van der Waals surface area contributed by atoms with Crippen LogP contribution >= 0.6 is 0 Å². The van der Waals surface area contributed by atoms with Crippen molar-refractivity contribution in [3.8, 4) is 0 Å². The van der Waals surface area contributed by atoms with Gasteiger partial charge in [-0.3, -0.25) is 0 Å². The third-order valence-electron chi connectivity index (χ3n) is 3.95. The van der Waals surface area contributed by atoms with Crippen LogP contribution in [0, 0.1) is 14.9 Å². The zero-order chi connectivity index (χ0) is 17.2. The van der Waals surface area contributed by atoms with Gasteiger partial charge in [-0.25, -0.2) is 0 Å². The largest absolute Gasteiger partial charge is 0.358 e. The van der Waals surface area contributed by atoms with Gasteiger partial charge in [0.25, 0.3) is 0 Å². The summed E-state index contributed by atoms with van der Waals surface area (Å²) in [5.41, 5.74) is 0.222. The van der Waals surface area contributed by atoms with Gasteiger partial charge in [-0.2, -0.15) is 35.0 Å². The molecular formula is C24H30SiZr-4. The van der Waals surface area contributed by atoms with E-state index in [0.29, 0.717) is 0 Å². The molecular weight excluding hydrogens is 408 g/mol. The molecule has 4 aromatic carbocycles. The first-order chi connectivity index (χ1) is 11.7. The first-order valence-electron chi connectivity index (χ1n) is 8.51. The van der Waals surface area contributed by atoms with Crippen LogP contribution in [0.4, 0.5) is 0 Å². The van der Waals surface area contributed by atoms with Gasteiger partial charge in [-0.15, -0.1) is 59.3 Å². The summed E-state index contributed by atoms with van der Waals surface area (Å²) in [5, 5.41) is 5.32. The topological polar surface area (TPSA) is 0 Å². The Labute approximate surface area is 175 Å². The fourth-order valence-electron chi connectivity index (χ4n) is 2.39. The van der Waals surface area contributed by atoms with Gasteiger partial charge in [-0.1, -0.05) is 12.1 Å². The van der Waals surface area contributed by atoms with E-state index in [1.165, 1.54) is 33.6 Å². The van der Waals surface area contributed by atoms with Gasteiger partial charge in [0, 0.05) is 0 Å². The Balaban J connectivity index is 0.000000357. The maximum absolute atomic E-state index is 2.30. The van der Waals surface area contributed by atoms with Crippen LogP contribution in [0.15, 0.2) is 84.9 Å². The van der Waals surface area contributed by atoms with E-state index in [1.54, 1.807) is 23.3 Å². The molecule has 138 valence electrons. The number of fused-ring (bicyclic) bond motifs is 2. The quantitative estimate of drug-likeness (QED) is 0.224. The Morgan fingerprint density at radius 1 is 0.692 bits per heavy atom. The van der Waals surface area contributed by atoms with Crippen LogP contribution in [0.2, 0.25) is 12.1 Å². The molecule has 4 rings (SSSR count). The van der Waals surface area contributed by atoms with Crippen molar-refractivity contribution in [1.82, 2.24) is 0 Å². The molecule has 26 heavy (non-hydrogen) atoms. The van der Waals surface area contributed by atoms with Gasteiger partial charge in [0.15, 0.2) is 0 Å². The molecule has 4 aromatic rings. The number of rotatable bonds is 2. The van der Waals surface area contributed by atoms with Crippen molar-refractivity contribution in [1.29, 1.82) is 0 Å². The molecule has 0 aromatic heterocycles. The molecule has 0 saturated carbocycles. The smallest absolute Gasteiger partial charge is 0.0809 e. The molecule has 0 aliphatic heterocycles. The van der Waals surface area contributed by atoms with Gasteiger partial charge in [-0.05, 0) is 0 Å². The van der Waals surface area contributed by atoms with E-state index in [2.05, 4.69) is 98.8 Å². The van der Waals surface area contributed by atoms with Crippen LogP contribution in [0.25, 0.3) is 21.5 Å². The van der Waals surface area contributed by atoms with Gasteiger partial charge < -0.3 is 14.9 Å². The van der Waals surface area contributed by atoms with Crippen LogP contribution in [-0.2, 0) is 23.3 Å². The molecule has 0 amide bonds. The second kappa shape index (κ2) is 13.9. The number of benzene rings is 2. The number of hydrogen-bond acceptors (Lipinski definition) is 0. The molecule has 0 radical (unpaired) electrons. The molecule has 0 aliphatic carbocycles. The second-order valence-corrected chi connectivity index (χ2v) is 13.5. The van der Waals surface area contributed by atoms with Crippen molar-refractivity contribution in [2.75, 3.05) is 0 Å². The maximum atomic E-state index is 2.30. The summed E-state index contributed by atoms with van der Waals surface area (Å²) in [5.74, 6) is 0. The zero-order valence-electron chi connectivity index (χ0n) is 16.5. The van der Waals surface area contributed by atoms with Crippen molar-refractivity contribution in [3.63, 3.8) is 0 Å². The monoisotopic (exact) mass is 436 g/mol. The van der Waals surface area contributed by atoms with Crippen LogP contribution < -0.4 is 0 Å². The predicted molar refractivity (Wildman–Crippen MR) is 119 cm³/mol. The molecule has 0 saturated heterocycles. The summed E-state index contributed by atoms with van der Waals surface area (Å²) in [4.78, 5) is 0. The normalized spacial score (nSPS) is 8.96. The Morgan fingerprint density at radius 2 is 1.08 bits per heavy atom. The average molecular weight is 438 g/mol. The second-order valence-electron chi connectivity index (χ2n) is 5.62. The van der Waals surface area contributed by atoms with Crippen molar-refractivity contribution in [2.24, 2.45) is 0 Å². The summed E-state index contributed by atoms with van der Waals surface area (Å²) < 4.78 is 0.